The van der Waals surface area contributed by atoms with E-state index in [-0.39, 0.29) is 0 Å². The van der Waals surface area contributed by atoms with Gasteiger partial charge in [-0.05, 0) is 54.1 Å². The summed E-state index contributed by atoms with van der Waals surface area (Å²) < 4.78 is 3.43. The maximum Gasteiger partial charge on any atom is 0.128 e. The van der Waals surface area contributed by atoms with E-state index in [2.05, 4.69) is 69.5 Å². The third kappa shape index (κ3) is 2.80. The molecule has 0 aliphatic carbocycles. The number of aryl methyl sites for hydroxylation is 1. The number of imidazole rings is 1. The van der Waals surface area contributed by atoms with Crippen molar-refractivity contribution in [1.82, 2.24) is 9.55 Å². The molecule has 0 aliphatic heterocycles. The van der Waals surface area contributed by atoms with Crippen molar-refractivity contribution >= 4 is 28.3 Å². The zero-order valence-electron chi connectivity index (χ0n) is 10.1. The quantitative estimate of drug-likeness (QED) is 0.864. The molecule has 1 aromatic carbocycles. The maximum absolute atomic E-state index is 4.35. The number of nitrogens with zero attached hydrogens (tertiary/aromatic N) is 2. The Labute approximate surface area is 115 Å². The second-order valence-corrected chi connectivity index (χ2v) is 5.06. The lowest BCUT2D eigenvalue weighted by Crippen LogP contribution is -2.08. The molecule has 0 amide bonds. The fraction of sp³-hybridized carbons (Fsp3) is 0.308. The van der Waals surface area contributed by atoms with Gasteiger partial charge in [-0.3, -0.25) is 0 Å². The zero-order chi connectivity index (χ0) is 12.3. The van der Waals surface area contributed by atoms with E-state index in [1.54, 1.807) is 0 Å². The molecule has 1 aromatic heterocycles. The lowest BCUT2D eigenvalue weighted by Gasteiger charge is -2.11. The number of hydrogen-bond donors (Lipinski definition) is 1. The number of hydrogen-bond acceptors (Lipinski definition) is 2. The molecule has 0 atom stereocenters. The van der Waals surface area contributed by atoms with Crippen LogP contribution >= 0.6 is 22.6 Å². The Hall–Kier alpha value is -1.04. The van der Waals surface area contributed by atoms with Crippen LogP contribution in [0.25, 0.3) is 0 Å². The van der Waals surface area contributed by atoms with Crippen LogP contribution < -0.4 is 5.32 Å². The van der Waals surface area contributed by atoms with Gasteiger partial charge in [0.25, 0.3) is 0 Å². The van der Waals surface area contributed by atoms with Crippen LogP contribution in [0.2, 0.25) is 0 Å². The summed E-state index contributed by atoms with van der Waals surface area (Å²) in [7, 11) is 0. The minimum Gasteiger partial charge on any atom is -0.378 e. The highest BCUT2D eigenvalue weighted by molar-refractivity contribution is 14.1. The van der Waals surface area contributed by atoms with Gasteiger partial charge in [-0.15, -0.1) is 0 Å². The fourth-order valence-electron chi connectivity index (χ4n) is 1.77. The minimum absolute atomic E-state index is 0.766. The van der Waals surface area contributed by atoms with Gasteiger partial charge in [0.05, 0.1) is 6.54 Å². The first kappa shape index (κ1) is 12.4. The number of halogens is 1. The predicted octanol–water partition coefficient (Wildman–Crippen LogP) is 3.43. The van der Waals surface area contributed by atoms with Crippen molar-refractivity contribution in [2.24, 2.45) is 0 Å². The van der Waals surface area contributed by atoms with E-state index in [0.717, 1.165) is 18.9 Å². The van der Waals surface area contributed by atoms with Crippen molar-refractivity contribution in [3.63, 3.8) is 0 Å². The van der Waals surface area contributed by atoms with Gasteiger partial charge < -0.3 is 9.88 Å². The number of aromatic nitrogens is 2. The van der Waals surface area contributed by atoms with Crippen LogP contribution in [0, 0.1) is 10.5 Å². The largest absolute Gasteiger partial charge is 0.378 e. The monoisotopic (exact) mass is 341 g/mol. The van der Waals surface area contributed by atoms with Gasteiger partial charge in [0.15, 0.2) is 0 Å². The summed E-state index contributed by atoms with van der Waals surface area (Å²) in [5, 5.41) is 3.44. The highest BCUT2D eigenvalue weighted by Gasteiger charge is 2.04. The SMILES string of the molecule is CCn1ccnc1CNc1cccc(I)c1C. The molecule has 0 saturated heterocycles. The van der Waals surface area contributed by atoms with E-state index in [9.17, 15) is 0 Å². The number of nitrogens with one attached hydrogen (secondary N) is 1. The Morgan fingerprint density at radius 3 is 3.00 bits per heavy atom. The van der Waals surface area contributed by atoms with Gasteiger partial charge in [-0.25, -0.2) is 4.98 Å². The molecule has 0 spiro atoms. The normalized spacial score (nSPS) is 10.5. The highest BCUT2D eigenvalue weighted by Crippen LogP contribution is 2.20. The summed E-state index contributed by atoms with van der Waals surface area (Å²) in [4.78, 5) is 4.35. The fourth-order valence-corrected chi connectivity index (χ4v) is 2.27. The molecule has 2 aromatic rings. The van der Waals surface area contributed by atoms with Gasteiger partial charge in [0, 0.05) is 28.2 Å². The molecular weight excluding hydrogens is 325 g/mol. The van der Waals surface area contributed by atoms with Gasteiger partial charge in [0.1, 0.15) is 5.82 Å². The maximum atomic E-state index is 4.35. The van der Waals surface area contributed by atoms with E-state index >= 15 is 0 Å². The molecule has 0 unspecified atom stereocenters. The number of benzene rings is 1. The smallest absolute Gasteiger partial charge is 0.128 e. The Kier molecular flexibility index (Phi) is 4.04. The molecule has 0 radical (unpaired) electrons. The summed E-state index contributed by atoms with van der Waals surface area (Å²) in [6.07, 6.45) is 3.86. The third-order valence-electron chi connectivity index (χ3n) is 2.85. The van der Waals surface area contributed by atoms with E-state index in [1.165, 1.54) is 14.8 Å². The molecule has 17 heavy (non-hydrogen) atoms. The second-order valence-electron chi connectivity index (χ2n) is 3.90. The number of anilines is 1. The molecule has 3 nitrogen and oxygen atoms in total. The summed E-state index contributed by atoms with van der Waals surface area (Å²) in [5.74, 6) is 1.07. The molecule has 1 N–H and O–H groups in total. The molecule has 0 aliphatic rings. The van der Waals surface area contributed by atoms with Crippen molar-refractivity contribution in [3.05, 3.63) is 45.6 Å². The standard InChI is InChI=1S/C13H16IN3/c1-3-17-8-7-15-13(17)9-16-12-6-4-5-11(14)10(12)2/h4-8,16H,3,9H2,1-2H3. The third-order valence-corrected chi connectivity index (χ3v) is 4.02. The summed E-state index contributed by atoms with van der Waals surface area (Å²) >= 11 is 2.36. The summed E-state index contributed by atoms with van der Waals surface area (Å²) in [6.45, 7) is 5.99. The van der Waals surface area contributed by atoms with Crippen molar-refractivity contribution in [1.29, 1.82) is 0 Å². The first-order valence-electron chi connectivity index (χ1n) is 5.71. The molecule has 90 valence electrons. The Morgan fingerprint density at radius 2 is 2.24 bits per heavy atom. The zero-order valence-corrected chi connectivity index (χ0v) is 12.2. The molecule has 0 fully saturated rings. The van der Waals surface area contributed by atoms with E-state index in [4.69, 9.17) is 0 Å². The average molecular weight is 341 g/mol. The Morgan fingerprint density at radius 1 is 1.41 bits per heavy atom. The van der Waals surface area contributed by atoms with E-state index < -0.39 is 0 Å². The molecule has 0 bridgehead atoms. The van der Waals surface area contributed by atoms with Crippen LogP contribution in [0.15, 0.2) is 30.6 Å². The van der Waals surface area contributed by atoms with Crippen LogP contribution in [0.4, 0.5) is 5.69 Å². The topological polar surface area (TPSA) is 29.9 Å². The van der Waals surface area contributed by atoms with Crippen LogP contribution in [-0.2, 0) is 13.1 Å². The van der Waals surface area contributed by atoms with Gasteiger partial charge in [-0.1, -0.05) is 6.07 Å². The summed E-state index contributed by atoms with van der Waals surface area (Å²) in [5.41, 5.74) is 2.48. The first-order valence-corrected chi connectivity index (χ1v) is 6.79. The van der Waals surface area contributed by atoms with E-state index in [1.807, 2.05) is 12.4 Å². The van der Waals surface area contributed by atoms with E-state index in [0.29, 0.717) is 0 Å². The van der Waals surface area contributed by atoms with Gasteiger partial charge >= 0.3 is 0 Å². The average Bonchev–Trinajstić information content (AvgIpc) is 2.78. The van der Waals surface area contributed by atoms with Gasteiger partial charge in [-0.2, -0.15) is 0 Å². The van der Waals surface area contributed by atoms with Crippen LogP contribution in [-0.4, -0.2) is 9.55 Å². The Balaban J connectivity index is 2.10. The van der Waals surface area contributed by atoms with Crippen LogP contribution in [0.1, 0.15) is 18.3 Å². The van der Waals surface area contributed by atoms with Gasteiger partial charge in [0.2, 0.25) is 0 Å². The van der Waals surface area contributed by atoms with Crippen LogP contribution in [0.3, 0.4) is 0 Å². The van der Waals surface area contributed by atoms with Crippen molar-refractivity contribution in [2.75, 3.05) is 5.32 Å². The first-order chi connectivity index (χ1) is 8.22. The molecule has 0 saturated carbocycles. The predicted molar refractivity (Wildman–Crippen MR) is 79.1 cm³/mol. The summed E-state index contributed by atoms with van der Waals surface area (Å²) in [6, 6.07) is 6.30. The van der Waals surface area contributed by atoms with Crippen molar-refractivity contribution in [2.45, 2.75) is 26.9 Å². The lowest BCUT2D eigenvalue weighted by molar-refractivity contribution is 0.708. The van der Waals surface area contributed by atoms with Crippen molar-refractivity contribution in [3.8, 4) is 0 Å². The minimum atomic E-state index is 0.766. The lowest BCUT2D eigenvalue weighted by atomic mass is 10.2. The molecule has 1 heterocycles. The number of rotatable bonds is 4. The molecule has 2 rings (SSSR count). The van der Waals surface area contributed by atoms with Crippen LogP contribution in [0.5, 0.6) is 0 Å². The molecule has 4 heteroatoms. The highest BCUT2D eigenvalue weighted by atomic mass is 127. The second kappa shape index (κ2) is 5.53. The molecular formula is C13H16IN3. The van der Waals surface area contributed by atoms with Crippen molar-refractivity contribution < 1.29 is 0 Å². The Bertz CT molecular complexity index is 505.